The van der Waals surface area contributed by atoms with Crippen LogP contribution >= 0.6 is 11.6 Å². The number of anilines is 3. The van der Waals surface area contributed by atoms with Crippen LogP contribution in [0.4, 0.5) is 35.4 Å². The first kappa shape index (κ1) is 18.6. The van der Waals surface area contributed by atoms with Crippen molar-refractivity contribution in [2.24, 2.45) is 0 Å². The van der Waals surface area contributed by atoms with Crippen LogP contribution in [0, 0.1) is 0 Å². The topological polar surface area (TPSA) is 87.1 Å². The first-order chi connectivity index (χ1) is 13.2. The van der Waals surface area contributed by atoms with Gasteiger partial charge in [0.25, 0.3) is 0 Å². The molecule has 1 atom stereocenters. The minimum atomic E-state index is -4.59. The van der Waals surface area contributed by atoms with Crippen LogP contribution in [-0.2, 0) is 6.18 Å². The summed E-state index contributed by atoms with van der Waals surface area (Å²) in [6.45, 7) is 1.79. The molecule has 2 saturated heterocycles. The van der Waals surface area contributed by atoms with E-state index in [0.29, 0.717) is 25.5 Å². The number of hydrogen-bond acceptors (Lipinski definition) is 5. The van der Waals surface area contributed by atoms with Crippen LogP contribution in [0.3, 0.4) is 0 Å². The van der Waals surface area contributed by atoms with Gasteiger partial charge in [0.2, 0.25) is 5.95 Å². The molecule has 0 saturated carbocycles. The molecule has 2 aromatic rings. The van der Waals surface area contributed by atoms with Crippen molar-refractivity contribution in [3.8, 4) is 0 Å². The monoisotopic (exact) mass is 412 g/mol. The molecular formula is C17H16ClF3N6O. The summed E-state index contributed by atoms with van der Waals surface area (Å²) in [6.07, 6.45) is -2.29. The molecule has 11 heteroatoms. The van der Waals surface area contributed by atoms with Gasteiger partial charge in [0, 0.05) is 31.5 Å². The second kappa shape index (κ2) is 6.40. The molecule has 2 aliphatic rings. The van der Waals surface area contributed by atoms with E-state index in [1.54, 1.807) is 17.2 Å². The SMILES string of the molecule is Nc1nccc(N2CCC3(C2)CN3C(=O)Nc2ccc(Cl)c(C(F)(F)F)c2)n1. The Morgan fingerprint density at radius 1 is 1.29 bits per heavy atom. The third-order valence-corrected chi connectivity index (χ3v) is 5.34. The number of hydrogen-bond donors (Lipinski definition) is 2. The maximum Gasteiger partial charge on any atom is 0.417 e. The number of urea groups is 1. The van der Waals surface area contributed by atoms with Gasteiger partial charge in [-0.3, -0.25) is 0 Å². The number of halogens is 4. The standard InChI is InChI=1S/C17H16ClF3N6O/c18-12-2-1-10(7-11(12)17(19,20)21)24-15(28)27-9-16(27)4-6-26(8-16)13-3-5-23-14(22)25-13/h1-3,5,7H,4,6,8-9H2,(H,24,28)(H2,22,23,25). The number of nitrogens with two attached hydrogens (primary N) is 1. The van der Waals surface area contributed by atoms with E-state index in [1.807, 2.05) is 4.90 Å². The largest absolute Gasteiger partial charge is 0.417 e. The van der Waals surface area contributed by atoms with Crippen LogP contribution in [-0.4, -0.2) is 46.1 Å². The van der Waals surface area contributed by atoms with Crippen molar-refractivity contribution in [1.29, 1.82) is 0 Å². The van der Waals surface area contributed by atoms with E-state index >= 15 is 0 Å². The molecule has 4 rings (SSSR count). The van der Waals surface area contributed by atoms with E-state index in [-0.39, 0.29) is 17.2 Å². The Morgan fingerprint density at radius 2 is 2.07 bits per heavy atom. The highest BCUT2D eigenvalue weighted by atomic mass is 35.5. The number of benzene rings is 1. The lowest BCUT2D eigenvalue weighted by Crippen LogP contribution is -2.31. The quantitative estimate of drug-likeness (QED) is 0.739. The van der Waals surface area contributed by atoms with Gasteiger partial charge in [-0.25, -0.2) is 9.78 Å². The van der Waals surface area contributed by atoms with Crippen LogP contribution in [0.2, 0.25) is 5.02 Å². The smallest absolute Gasteiger partial charge is 0.368 e. The Bertz CT molecular complexity index is 939. The van der Waals surface area contributed by atoms with E-state index < -0.39 is 22.8 Å². The van der Waals surface area contributed by atoms with Gasteiger partial charge < -0.3 is 20.9 Å². The fourth-order valence-electron chi connectivity index (χ4n) is 3.50. The minimum absolute atomic E-state index is 0.0437. The molecule has 2 amide bonds. The van der Waals surface area contributed by atoms with E-state index in [2.05, 4.69) is 15.3 Å². The summed E-state index contributed by atoms with van der Waals surface area (Å²) in [5.74, 6) is 0.858. The Kier molecular flexibility index (Phi) is 4.25. The lowest BCUT2D eigenvalue weighted by Gasteiger charge is -2.18. The molecule has 3 heterocycles. The van der Waals surface area contributed by atoms with Crippen molar-refractivity contribution >= 4 is 35.1 Å². The number of carbonyl (C=O) groups is 1. The molecule has 2 aliphatic heterocycles. The minimum Gasteiger partial charge on any atom is -0.368 e. The van der Waals surface area contributed by atoms with E-state index in [0.717, 1.165) is 18.6 Å². The van der Waals surface area contributed by atoms with E-state index in [4.69, 9.17) is 17.3 Å². The predicted octanol–water partition coefficient (Wildman–Crippen LogP) is 3.23. The molecule has 3 N–H and O–H groups in total. The second-order valence-corrected chi connectivity index (χ2v) is 7.28. The number of nitrogens with one attached hydrogen (secondary N) is 1. The van der Waals surface area contributed by atoms with Crippen LogP contribution < -0.4 is 16.0 Å². The van der Waals surface area contributed by atoms with Gasteiger partial charge in [-0.05, 0) is 30.7 Å². The maximum atomic E-state index is 13.0. The highest BCUT2D eigenvalue weighted by Gasteiger charge is 2.58. The van der Waals surface area contributed by atoms with Crippen LogP contribution in [0.25, 0.3) is 0 Å². The fourth-order valence-corrected chi connectivity index (χ4v) is 3.72. The van der Waals surface area contributed by atoms with Gasteiger partial charge in [0.1, 0.15) is 5.82 Å². The molecule has 28 heavy (non-hydrogen) atoms. The van der Waals surface area contributed by atoms with Crippen molar-refractivity contribution in [1.82, 2.24) is 14.9 Å². The molecule has 148 valence electrons. The molecule has 0 bridgehead atoms. The number of rotatable bonds is 2. The molecule has 1 aromatic carbocycles. The molecule has 7 nitrogen and oxygen atoms in total. The lowest BCUT2D eigenvalue weighted by molar-refractivity contribution is -0.137. The number of carbonyl (C=O) groups excluding carboxylic acids is 1. The van der Waals surface area contributed by atoms with Crippen LogP contribution in [0.1, 0.15) is 12.0 Å². The van der Waals surface area contributed by atoms with Crippen molar-refractivity contribution in [3.05, 3.63) is 41.0 Å². The Hall–Kier alpha value is -2.75. The fraction of sp³-hybridized carbons (Fsp3) is 0.353. The van der Waals surface area contributed by atoms with Gasteiger partial charge in [0.05, 0.1) is 16.1 Å². The lowest BCUT2D eigenvalue weighted by atomic mass is 10.1. The van der Waals surface area contributed by atoms with Crippen molar-refractivity contribution in [2.45, 2.75) is 18.1 Å². The van der Waals surface area contributed by atoms with Crippen LogP contribution in [0.5, 0.6) is 0 Å². The molecule has 1 unspecified atom stereocenters. The Morgan fingerprint density at radius 3 is 2.79 bits per heavy atom. The number of aromatic nitrogens is 2. The summed E-state index contributed by atoms with van der Waals surface area (Å²) >= 11 is 5.61. The van der Waals surface area contributed by atoms with Gasteiger partial charge >= 0.3 is 12.2 Å². The first-order valence-corrected chi connectivity index (χ1v) is 8.85. The average Bonchev–Trinajstić information content (AvgIpc) is 3.16. The number of alkyl halides is 3. The highest BCUT2D eigenvalue weighted by molar-refractivity contribution is 6.31. The molecule has 0 aliphatic carbocycles. The van der Waals surface area contributed by atoms with Crippen LogP contribution in [0.15, 0.2) is 30.5 Å². The van der Waals surface area contributed by atoms with Gasteiger partial charge in [0.15, 0.2) is 0 Å². The van der Waals surface area contributed by atoms with Gasteiger partial charge in [-0.1, -0.05) is 11.6 Å². The highest BCUT2D eigenvalue weighted by Crippen LogP contribution is 2.43. The first-order valence-electron chi connectivity index (χ1n) is 8.47. The normalized spacial score (nSPS) is 21.3. The summed E-state index contributed by atoms with van der Waals surface area (Å²) in [5.41, 5.74) is 4.33. The molecule has 2 fully saturated rings. The number of nitrogens with zero attached hydrogens (tertiary/aromatic N) is 4. The summed E-state index contributed by atoms with van der Waals surface area (Å²) in [7, 11) is 0. The van der Waals surface area contributed by atoms with E-state index in [1.165, 1.54) is 6.07 Å². The zero-order chi connectivity index (χ0) is 20.1. The summed E-state index contributed by atoms with van der Waals surface area (Å²) in [6, 6.07) is 4.60. The molecule has 1 aromatic heterocycles. The average molecular weight is 413 g/mol. The van der Waals surface area contributed by atoms with Crippen molar-refractivity contribution in [2.75, 3.05) is 35.6 Å². The number of amides is 2. The second-order valence-electron chi connectivity index (χ2n) is 6.88. The van der Waals surface area contributed by atoms with Gasteiger partial charge in [-0.15, -0.1) is 0 Å². The summed E-state index contributed by atoms with van der Waals surface area (Å²) < 4.78 is 38.9. The van der Waals surface area contributed by atoms with E-state index in [9.17, 15) is 18.0 Å². The van der Waals surface area contributed by atoms with Crippen molar-refractivity contribution in [3.63, 3.8) is 0 Å². The molecular weight excluding hydrogens is 397 g/mol. The zero-order valence-corrected chi connectivity index (χ0v) is 15.3. The predicted molar refractivity (Wildman–Crippen MR) is 98.2 cm³/mol. The van der Waals surface area contributed by atoms with Gasteiger partial charge in [-0.2, -0.15) is 18.2 Å². The number of nitrogen functional groups attached to an aromatic ring is 1. The molecule has 1 spiro atoms. The van der Waals surface area contributed by atoms with Crippen molar-refractivity contribution < 1.29 is 18.0 Å². The maximum absolute atomic E-state index is 13.0. The zero-order valence-electron chi connectivity index (χ0n) is 14.5. The summed E-state index contributed by atoms with van der Waals surface area (Å²) in [5, 5.41) is 2.11. The summed E-state index contributed by atoms with van der Waals surface area (Å²) in [4.78, 5) is 24.2. The molecule has 0 radical (unpaired) electrons. The third-order valence-electron chi connectivity index (χ3n) is 5.01. The Labute approximate surface area is 163 Å². The third kappa shape index (κ3) is 3.39. The Balaban J connectivity index is 1.43.